The Morgan fingerprint density at radius 2 is 1.89 bits per heavy atom. The smallest absolute Gasteiger partial charge is 0.161 e. The first-order valence-electron chi connectivity index (χ1n) is 6.86. The summed E-state index contributed by atoms with van der Waals surface area (Å²) < 4.78 is 11.1. The van der Waals surface area contributed by atoms with Gasteiger partial charge >= 0.3 is 0 Å². The average molecular weight is 249 g/mol. The summed E-state index contributed by atoms with van der Waals surface area (Å²) in [4.78, 5) is 0. The minimum atomic E-state index is 0.336. The van der Waals surface area contributed by atoms with Gasteiger partial charge in [0.15, 0.2) is 11.5 Å². The van der Waals surface area contributed by atoms with Gasteiger partial charge < -0.3 is 14.8 Å². The minimum Gasteiger partial charge on any atom is -0.486 e. The van der Waals surface area contributed by atoms with Gasteiger partial charge in [-0.15, -0.1) is 0 Å². The Balaban J connectivity index is 2.04. The standard InChI is InChI=1S/C15H23NO2/c1-4-5-11(2)16-12(3)13-6-7-14-15(10-13)18-9-8-17-14/h6-7,10-12,16H,4-5,8-9H2,1-3H3. The molecule has 0 saturated carbocycles. The third-order valence-corrected chi connectivity index (χ3v) is 3.32. The predicted molar refractivity (Wildman–Crippen MR) is 73.4 cm³/mol. The number of nitrogens with one attached hydrogen (secondary N) is 1. The van der Waals surface area contributed by atoms with E-state index in [1.165, 1.54) is 18.4 Å². The van der Waals surface area contributed by atoms with E-state index in [0.29, 0.717) is 25.3 Å². The molecule has 1 heterocycles. The van der Waals surface area contributed by atoms with Gasteiger partial charge in [-0.25, -0.2) is 0 Å². The van der Waals surface area contributed by atoms with Crippen molar-refractivity contribution < 1.29 is 9.47 Å². The minimum absolute atomic E-state index is 0.336. The molecule has 0 bridgehead atoms. The highest BCUT2D eigenvalue weighted by molar-refractivity contribution is 5.44. The van der Waals surface area contributed by atoms with Crippen molar-refractivity contribution in [1.82, 2.24) is 5.32 Å². The molecule has 1 aromatic rings. The third kappa shape index (κ3) is 3.16. The van der Waals surface area contributed by atoms with Gasteiger partial charge in [-0.3, -0.25) is 0 Å². The first-order chi connectivity index (χ1) is 8.70. The Bertz CT molecular complexity index is 392. The first kappa shape index (κ1) is 13.2. The van der Waals surface area contributed by atoms with Crippen LogP contribution in [-0.2, 0) is 0 Å². The molecule has 0 spiro atoms. The second kappa shape index (κ2) is 6.10. The monoisotopic (exact) mass is 249 g/mol. The second-order valence-corrected chi connectivity index (χ2v) is 4.98. The van der Waals surface area contributed by atoms with E-state index in [1.807, 2.05) is 6.07 Å². The van der Waals surface area contributed by atoms with Gasteiger partial charge in [0.1, 0.15) is 13.2 Å². The van der Waals surface area contributed by atoms with E-state index in [4.69, 9.17) is 9.47 Å². The highest BCUT2D eigenvalue weighted by atomic mass is 16.6. The van der Waals surface area contributed by atoms with Crippen LogP contribution in [0.25, 0.3) is 0 Å². The molecule has 0 fully saturated rings. The summed E-state index contributed by atoms with van der Waals surface area (Å²) in [5, 5.41) is 3.61. The van der Waals surface area contributed by atoms with E-state index < -0.39 is 0 Å². The molecule has 3 nitrogen and oxygen atoms in total. The molecule has 100 valence electrons. The maximum Gasteiger partial charge on any atom is 0.161 e. The van der Waals surface area contributed by atoms with Crippen molar-refractivity contribution in [2.45, 2.75) is 45.7 Å². The van der Waals surface area contributed by atoms with Crippen LogP contribution in [0.2, 0.25) is 0 Å². The Hall–Kier alpha value is -1.22. The first-order valence-corrected chi connectivity index (χ1v) is 6.86. The lowest BCUT2D eigenvalue weighted by molar-refractivity contribution is 0.171. The normalized spacial score (nSPS) is 17.3. The molecule has 1 N–H and O–H groups in total. The Labute approximate surface area is 109 Å². The van der Waals surface area contributed by atoms with E-state index in [9.17, 15) is 0 Å². The van der Waals surface area contributed by atoms with E-state index in [-0.39, 0.29) is 0 Å². The zero-order chi connectivity index (χ0) is 13.0. The highest BCUT2D eigenvalue weighted by Gasteiger charge is 2.15. The van der Waals surface area contributed by atoms with Gasteiger partial charge in [0.05, 0.1) is 0 Å². The number of ether oxygens (including phenoxy) is 2. The van der Waals surface area contributed by atoms with Crippen LogP contribution in [0.1, 0.15) is 45.2 Å². The topological polar surface area (TPSA) is 30.5 Å². The maximum atomic E-state index is 5.61. The number of hydrogen-bond donors (Lipinski definition) is 1. The average Bonchev–Trinajstić information content (AvgIpc) is 2.38. The molecule has 1 aliphatic heterocycles. The van der Waals surface area contributed by atoms with Crippen LogP contribution < -0.4 is 14.8 Å². The summed E-state index contributed by atoms with van der Waals surface area (Å²) in [6.07, 6.45) is 2.41. The van der Waals surface area contributed by atoms with Crippen LogP contribution in [0.15, 0.2) is 18.2 Å². The lowest BCUT2D eigenvalue weighted by Gasteiger charge is -2.23. The van der Waals surface area contributed by atoms with Crippen molar-refractivity contribution >= 4 is 0 Å². The Morgan fingerprint density at radius 1 is 1.17 bits per heavy atom. The third-order valence-electron chi connectivity index (χ3n) is 3.32. The molecule has 1 aliphatic rings. The second-order valence-electron chi connectivity index (χ2n) is 4.98. The molecular formula is C15H23NO2. The molecule has 0 amide bonds. The molecule has 1 aromatic carbocycles. The number of rotatable bonds is 5. The van der Waals surface area contributed by atoms with Gasteiger partial charge in [-0.2, -0.15) is 0 Å². The predicted octanol–water partition coefficient (Wildman–Crippen LogP) is 3.30. The van der Waals surface area contributed by atoms with Crippen molar-refractivity contribution in [2.24, 2.45) is 0 Å². The lowest BCUT2D eigenvalue weighted by atomic mass is 10.1. The molecule has 2 unspecified atom stereocenters. The number of hydrogen-bond acceptors (Lipinski definition) is 3. The molecule has 0 saturated heterocycles. The fourth-order valence-corrected chi connectivity index (χ4v) is 2.37. The van der Waals surface area contributed by atoms with E-state index in [0.717, 1.165) is 11.5 Å². The molecule has 18 heavy (non-hydrogen) atoms. The van der Waals surface area contributed by atoms with Crippen LogP contribution in [0.5, 0.6) is 11.5 Å². The molecule has 2 rings (SSSR count). The highest BCUT2D eigenvalue weighted by Crippen LogP contribution is 2.32. The van der Waals surface area contributed by atoms with Crippen LogP contribution in [0.3, 0.4) is 0 Å². The number of fused-ring (bicyclic) bond motifs is 1. The van der Waals surface area contributed by atoms with E-state index >= 15 is 0 Å². The van der Waals surface area contributed by atoms with Gasteiger partial charge in [-0.1, -0.05) is 19.4 Å². The fourth-order valence-electron chi connectivity index (χ4n) is 2.37. The molecule has 3 heteroatoms. The van der Waals surface area contributed by atoms with Crippen molar-refractivity contribution in [3.05, 3.63) is 23.8 Å². The van der Waals surface area contributed by atoms with Gasteiger partial charge in [-0.05, 0) is 38.0 Å². The van der Waals surface area contributed by atoms with Crippen LogP contribution >= 0.6 is 0 Å². The van der Waals surface area contributed by atoms with Gasteiger partial charge in [0, 0.05) is 12.1 Å². The summed E-state index contributed by atoms with van der Waals surface area (Å²) in [7, 11) is 0. The van der Waals surface area contributed by atoms with E-state index in [2.05, 4.69) is 38.2 Å². The maximum absolute atomic E-state index is 5.61. The summed E-state index contributed by atoms with van der Waals surface area (Å²) >= 11 is 0. The lowest BCUT2D eigenvalue weighted by Crippen LogP contribution is -2.28. The summed E-state index contributed by atoms with van der Waals surface area (Å²) in [6.45, 7) is 7.93. The zero-order valence-corrected chi connectivity index (χ0v) is 11.5. The largest absolute Gasteiger partial charge is 0.486 e. The van der Waals surface area contributed by atoms with Gasteiger partial charge in [0.2, 0.25) is 0 Å². The van der Waals surface area contributed by atoms with Gasteiger partial charge in [0.25, 0.3) is 0 Å². The molecule has 0 radical (unpaired) electrons. The molecular weight excluding hydrogens is 226 g/mol. The Kier molecular flexibility index (Phi) is 4.48. The SMILES string of the molecule is CCCC(C)NC(C)c1ccc2c(c1)OCCO2. The summed E-state index contributed by atoms with van der Waals surface area (Å²) in [5.41, 5.74) is 1.25. The van der Waals surface area contributed by atoms with Crippen molar-refractivity contribution in [1.29, 1.82) is 0 Å². The van der Waals surface area contributed by atoms with Crippen molar-refractivity contribution in [3.63, 3.8) is 0 Å². The Morgan fingerprint density at radius 3 is 2.61 bits per heavy atom. The number of benzene rings is 1. The van der Waals surface area contributed by atoms with Crippen molar-refractivity contribution in [3.8, 4) is 11.5 Å². The van der Waals surface area contributed by atoms with E-state index in [1.54, 1.807) is 0 Å². The molecule has 2 atom stereocenters. The summed E-state index contributed by atoms with van der Waals surface area (Å²) in [5.74, 6) is 1.73. The van der Waals surface area contributed by atoms with Crippen molar-refractivity contribution in [2.75, 3.05) is 13.2 Å². The van der Waals surface area contributed by atoms with Crippen LogP contribution in [-0.4, -0.2) is 19.3 Å². The quantitative estimate of drug-likeness (QED) is 0.868. The fraction of sp³-hybridized carbons (Fsp3) is 0.600. The van der Waals surface area contributed by atoms with Crippen LogP contribution in [0, 0.1) is 0 Å². The summed E-state index contributed by atoms with van der Waals surface area (Å²) in [6, 6.07) is 7.09. The molecule has 0 aliphatic carbocycles. The van der Waals surface area contributed by atoms with Crippen LogP contribution in [0.4, 0.5) is 0 Å². The zero-order valence-electron chi connectivity index (χ0n) is 11.5. The molecule has 0 aromatic heterocycles.